The average Bonchev–Trinajstić information content (AvgIpc) is 2.89. The first kappa shape index (κ1) is 14.3. The molecule has 22 heavy (non-hydrogen) atoms. The molecule has 0 aromatic heterocycles. The summed E-state index contributed by atoms with van der Waals surface area (Å²) in [6, 6.07) is 8.87. The zero-order valence-corrected chi connectivity index (χ0v) is 13.2. The molecule has 1 aliphatic heterocycles. The lowest BCUT2D eigenvalue weighted by molar-refractivity contribution is -0.158. The number of hydrogen-bond acceptors (Lipinski definition) is 4. The molecule has 1 spiro atoms. The second-order valence-electron chi connectivity index (χ2n) is 6.82. The average molecular weight is 303 g/mol. The van der Waals surface area contributed by atoms with Crippen molar-refractivity contribution in [2.45, 2.75) is 37.8 Å². The van der Waals surface area contributed by atoms with Gasteiger partial charge in [0.25, 0.3) is 0 Å². The molecule has 1 aromatic rings. The second-order valence-corrected chi connectivity index (χ2v) is 6.82. The van der Waals surface area contributed by atoms with Crippen LogP contribution < -0.4 is 10.1 Å². The molecular weight excluding hydrogens is 278 g/mol. The quantitative estimate of drug-likeness (QED) is 0.820. The van der Waals surface area contributed by atoms with Gasteiger partial charge in [-0.2, -0.15) is 0 Å². The van der Waals surface area contributed by atoms with Crippen molar-refractivity contribution < 1.29 is 14.2 Å². The summed E-state index contributed by atoms with van der Waals surface area (Å²) in [7, 11) is 1.69. The lowest BCUT2D eigenvalue weighted by atomic mass is 9.46. The zero-order chi connectivity index (χ0) is 15.0. The van der Waals surface area contributed by atoms with Crippen molar-refractivity contribution in [3.8, 4) is 5.75 Å². The molecule has 3 aliphatic rings. The lowest BCUT2D eigenvalue weighted by Crippen LogP contribution is -2.68. The number of benzene rings is 1. The number of anilines is 1. The third kappa shape index (κ3) is 2.20. The van der Waals surface area contributed by atoms with E-state index in [2.05, 4.69) is 23.5 Å². The highest BCUT2D eigenvalue weighted by atomic mass is 16.5. The Morgan fingerprint density at radius 1 is 1.32 bits per heavy atom. The fourth-order valence-electron chi connectivity index (χ4n) is 4.55. The molecule has 0 bridgehead atoms. The third-order valence-corrected chi connectivity index (χ3v) is 5.75. The Balaban J connectivity index is 1.43. The Morgan fingerprint density at radius 3 is 3.00 bits per heavy atom. The minimum atomic E-state index is 0.411. The van der Waals surface area contributed by atoms with E-state index in [-0.39, 0.29) is 0 Å². The molecule has 1 aromatic carbocycles. The van der Waals surface area contributed by atoms with E-state index in [4.69, 9.17) is 14.2 Å². The van der Waals surface area contributed by atoms with Crippen LogP contribution in [0, 0.1) is 11.3 Å². The van der Waals surface area contributed by atoms with Gasteiger partial charge in [-0.15, -0.1) is 0 Å². The third-order valence-electron chi connectivity index (χ3n) is 5.75. The van der Waals surface area contributed by atoms with Crippen molar-refractivity contribution in [3.05, 3.63) is 24.3 Å². The zero-order valence-electron chi connectivity index (χ0n) is 13.2. The summed E-state index contributed by atoms with van der Waals surface area (Å²) in [5.74, 6) is 1.60. The van der Waals surface area contributed by atoms with Crippen LogP contribution in [-0.4, -0.2) is 39.1 Å². The Labute approximate surface area is 132 Å². The standard InChI is InChI=1S/C18H25NO3/c1-20-10-11-21-14-5-2-4-13(12-14)19-16-15-6-9-22-17(15)18(16)7-3-8-18/h2,4-5,12,15-17,19H,3,6-11H2,1H3/t15-,16-,17+/m1/s1. The van der Waals surface area contributed by atoms with Gasteiger partial charge in [0, 0.05) is 42.8 Å². The smallest absolute Gasteiger partial charge is 0.121 e. The molecule has 2 saturated carbocycles. The fourth-order valence-corrected chi connectivity index (χ4v) is 4.55. The van der Waals surface area contributed by atoms with Crippen LogP contribution >= 0.6 is 0 Å². The van der Waals surface area contributed by atoms with Crippen LogP contribution in [0.15, 0.2) is 24.3 Å². The van der Waals surface area contributed by atoms with Crippen molar-refractivity contribution in [2.75, 3.05) is 32.2 Å². The summed E-state index contributed by atoms with van der Waals surface area (Å²) in [5, 5.41) is 3.78. The van der Waals surface area contributed by atoms with E-state index in [1.807, 2.05) is 6.07 Å². The van der Waals surface area contributed by atoms with Gasteiger partial charge in [0.2, 0.25) is 0 Å². The monoisotopic (exact) mass is 303 g/mol. The molecule has 120 valence electrons. The topological polar surface area (TPSA) is 39.7 Å². The van der Waals surface area contributed by atoms with E-state index in [0.717, 1.165) is 18.0 Å². The van der Waals surface area contributed by atoms with E-state index < -0.39 is 0 Å². The molecule has 3 atom stereocenters. The molecule has 4 heteroatoms. The number of ether oxygens (including phenoxy) is 3. The first-order chi connectivity index (χ1) is 10.8. The summed E-state index contributed by atoms with van der Waals surface area (Å²) in [6.07, 6.45) is 5.70. The molecule has 0 radical (unpaired) electrons. The number of methoxy groups -OCH3 is 1. The van der Waals surface area contributed by atoms with Gasteiger partial charge in [0.1, 0.15) is 12.4 Å². The van der Waals surface area contributed by atoms with Gasteiger partial charge in [0.05, 0.1) is 12.7 Å². The van der Waals surface area contributed by atoms with Crippen LogP contribution in [0.4, 0.5) is 5.69 Å². The highest BCUT2D eigenvalue weighted by Gasteiger charge is 2.66. The number of hydrogen-bond donors (Lipinski definition) is 1. The Hall–Kier alpha value is -1.26. The summed E-state index contributed by atoms with van der Waals surface area (Å²) in [4.78, 5) is 0. The van der Waals surface area contributed by atoms with Crippen LogP contribution in [0.3, 0.4) is 0 Å². The number of fused-ring (bicyclic) bond motifs is 2. The Kier molecular flexibility index (Phi) is 3.74. The van der Waals surface area contributed by atoms with Crippen molar-refractivity contribution in [2.24, 2.45) is 11.3 Å². The Morgan fingerprint density at radius 2 is 2.23 bits per heavy atom. The maximum Gasteiger partial charge on any atom is 0.121 e. The molecule has 2 aliphatic carbocycles. The van der Waals surface area contributed by atoms with E-state index in [0.29, 0.717) is 36.7 Å². The van der Waals surface area contributed by atoms with Crippen LogP contribution in [0.5, 0.6) is 5.75 Å². The first-order valence-electron chi connectivity index (χ1n) is 8.43. The van der Waals surface area contributed by atoms with E-state index in [1.54, 1.807) is 7.11 Å². The van der Waals surface area contributed by atoms with Crippen molar-refractivity contribution in [3.63, 3.8) is 0 Å². The molecule has 0 unspecified atom stereocenters. The van der Waals surface area contributed by atoms with Crippen LogP contribution in [0.2, 0.25) is 0 Å². The molecule has 1 heterocycles. The van der Waals surface area contributed by atoms with Crippen molar-refractivity contribution in [1.29, 1.82) is 0 Å². The number of nitrogens with one attached hydrogen (secondary N) is 1. The largest absolute Gasteiger partial charge is 0.491 e. The maximum atomic E-state index is 5.99. The molecule has 4 nitrogen and oxygen atoms in total. The molecule has 4 rings (SSSR count). The number of rotatable bonds is 6. The summed E-state index contributed by atoms with van der Waals surface area (Å²) < 4.78 is 16.7. The Bertz CT molecular complexity index is 529. The van der Waals surface area contributed by atoms with E-state index in [1.165, 1.54) is 25.7 Å². The first-order valence-corrected chi connectivity index (χ1v) is 8.43. The molecular formula is C18H25NO3. The highest BCUT2D eigenvalue weighted by Crippen LogP contribution is 2.63. The van der Waals surface area contributed by atoms with E-state index >= 15 is 0 Å². The predicted molar refractivity (Wildman–Crippen MR) is 85.4 cm³/mol. The highest BCUT2D eigenvalue weighted by molar-refractivity contribution is 5.50. The van der Waals surface area contributed by atoms with Gasteiger partial charge in [-0.05, 0) is 31.4 Å². The summed E-state index contributed by atoms with van der Waals surface area (Å²) in [6.45, 7) is 2.14. The van der Waals surface area contributed by atoms with Crippen molar-refractivity contribution >= 4 is 5.69 Å². The minimum Gasteiger partial charge on any atom is -0.491 e. The van der Waals surface area contributed by atoms with Gasteiger partial charge in [-0.25, -0.2) is 0 Å². The van der Waals surface area contributed by atoms with Gasteiger partial charge < -0.3 is 19.5 Å². The fraction of sp³-hybridized carbons (Fsp3) is 0.667. The van der Waals surface area contributed by atoms with Crippen LogP contribution in [-0.2, 0) is 9.47 Å². The van der Waals surface area contributed by atoms with Crippen LogP contribution in [0.25, 0.3) is 0 Å². The normalized spacial score (nSPS) is 31.2. The van der Waals surface area contributed by atoms with E-state index in [9.17, 15) is 0 Å². The van der Waals surface area contributed by atoms with Crippen LogP contribution in [0.1, 0.15) is 25.7 Å². The predicted octanol–water partition coefficient (Wildman–Crippen LogP) is 3.08. The maximum absolute atomic E-state index is 5.99. The van der Waals surface area contributed by atoms with Gasteiger partial charge in [0.15, 0.2) is 0 Å². The molecule has 1 saturated heterocycles. The summed E-state index contributed by atoms with van der Waals surface area (Å²) in [5.41, 5.74) is 1.57. The SMILES string of the molecule is COCCOc1cccc(N[C@@H]2[C@H]3CCO[C@@H]3C23CCC3)c1. The van der Waals surface area contributed by atoms with Gasteiger partial charge in [-0.3, -0.25) is 0 Å². The summed E-state index contributed by atoms with van der Waals surface area (Å²) >= 11 is 0. The van der Waals surface area contributed by atoms with Gasteiger partial charge >= 0.3 is 0 Å². The molecule has 3 fully saturated rings. The minimum absolute atomic E-state index is 0.411. The van der Waals surface area contributed by atoms with Gasteiger partial charge in [-0.1, -0.05) is 12.5 Å². The van der Waals surface area contributed by atoms with Crippen molar-refractivity contribution in [1.82, 2.24) is 0 Å². The molecule has 0 amide bonds. The second kappa shape index (κ2) is 5.74. The lowest BCUT2D eigenvalue weighted by Gasteiger charge is -2.63. The molecule has 1 N–H and O–H groups in total.